The van der Waals surface area contributed by atoms with E-state index in [9.17, 15) is 19.0 Å². The number of phosphoric acid groups is 1. The Balaban J connectivity index is 3.99. The van der Waals surface area contributed by atoms with E-state index in [0.29, 0.717) is 17.4 Å². The monoisotopic (exact) mass is 1310 g/mol. The third-order valence-electron chi connectivity index (χ3n) is 17.1. The fraction of sp³-hybridized carbons (Fsp3) is 0.780. The highest BCUT2D eigenvalue weighted by atomic mass is 31.2. The van der Waals surface area contributed by atoms with Gasteiger partial charge in [-0.15, -0.1) is 0 Å². The Morgan fingerprint density at radius 3 is 0.924 bits per heavy atom. The molecule has 0 rings (SSSR count). The van der Waals surface area contributed by atoms with Gasteiger partial charge < -0.3 is 27.9 Å². The maximum absolute atomic E-state index is 12.9. The summed E-state index contributed by atoms with van der Waals surface area (Å²) in [7, 11) is 1.16. The molecule has 10 heteroatoms. The number of hydrogen-bond acceptors (Lipinski definition) is 8. The Kier molecular flexibility index (Phi) is 69.8. The predicted molar refractivity (Wildman–Crippen MR) is 397 cm³/mol. The summed E-state index contributed by atoms with van der Waals surface area (Å²) in [5, 5.41) is 0. The first kappa shape index (κ1) is 88.9. The Hall–Kier alpha value is -3.07. The Morgan fingerprint density at radius 1 is 0.348 bits per heavy atom. The van der Waals surface area contributed by atoms with Crippen LogP contribution in [0.1, 0.15) is 361 Å². The predicted octanol–water partition coefficient (Wildman–Crippen LogP) is 25.2. The summed E-state index contributed by atoms with van der Waals surface area (Å²) in [4.78, 5) is 38.1. The number of phosphoric ester groups is 1. The summed E-state index contributed by atoms with van der Waals surface area (Å²) >= 11 is 0. The SMILES string of the molecule is CC/C=C\C/C=C\C/C=C\C/C=C\C/C=C\C/C=C\C/C=C\C/C=C\CCCCCCCCC(=O)OC(COC(=O)CCCCCCCCCCCCCCCCCCCCCCCCCCCCCCCCCCCCCCC)COP(=O)([O-])OCC[N+](C)(C)C. The van der Waals surface area contributed by atoms with Gasteiger partial charge in [0.05, 0.1) is 27.7 Å². The van der Waals surface area contributed by atoms with E-state index in [0.717, 1.165) is 109 Å². The molecular formula is C82H148NO8P. The maximum atomic E-state index is 12.9. The summed E-state index contributed by atoms with van der Waals surface area (Å²) in [6.07, 6.45) is 101. The van der Waals surface area contributed by atoms with Crippen molar-refractivity contribution in [1.82, 2.24) is 0 Å². The number of hydrogen-bond donors (Lipinski definition) is 0. The van der Waals surface area contributed by atoms with E-state index in [-0.39, 0.29) is 32.0 Å². The lowest BCUT2D eigenvalue weighted by Gasteiger charge is -2.28. The summed E-state index contributed by atoms with van der Waals surface area (Å²) < 4.78 is 34.4. The summed E-state index contributed by atoms with van der Waals surface area (Å²) in [5.41, 5.74) is 0. The van der Waals surface area contributed by atoms with Crippen LogP contribution in [0.5, 0.6) is 0 Å². The molecule has 0 aliphatic carbocycles. The molecule has 0 saturated heterocycles. The van der Waals surface area contributed by atoms with Crippen LogP contribution in [0, 0.1) is 0 Å². The van der Waals surface area contributed by atoms with E-state index < -0.39 is 26.5 Å². The smallest absolute Gasteiger partial charge is 0.306 e. The fourth-order valence-electron chi connectivity index (χ4n) is 11.2. The molecule has 0 aromatic heterocycles. The van der Waals surface area contributed by atoms with Gasteiger partial charge in [0, 0.05) is 12.8 Å². The molecule has 9 nitrogen and oxygen atoms in total. The summed E-state index contributed by atoms with van der Waals surface area (Å²) in [6.45, 7) is 4.15. The number of esters is 2. The van der Waals surface area contributed by atoms with Gasteiger partial charge in [-0.2, -0.15) is 0 Å². The average Bonchev–Trinajstić information content (AvgIpc) is 2.14. The zero-order valence-electron chi connectivity index (χ0n) is 61.0. The number of rotatable bonds is 72. The molecule has 0 aliphatic heterocycles. The number of likely N-dealkylation sites (N-methyl/N-ethyl adjacent to an activating group) is 1. The lowest BCUT2D eigenvalue weighted by molar-refractivity contribution is -0.870. The number of ether oxygens (including phenoxy) is 2. The zero-order chi connectivity index (χ0) is 66.9. The van der Waals surface area contributed by atoms with Crippen LogP contribution < -0.4 is 4.89 Å². The van der Waals surface area contributed by atoms with Gasteiger partial charge in [-0.25, -0.2) is 0 Å². The highest BCUT2D eigenvalue weighted by Crippen LogP contribution is 2.38. The van der Waals surface area contributed by atoms with E-state index in [1.165, 1.54) is 218 Å². The second kappa shape index (κ2) is 72.2. The van der Waals surface area contributed by atoms with Crippen LogP contribution >= 0.6 is 7.82 Å². The normalized spacial score (nSPS) is 13.6. The van der Waals surface area contributed by atoms with E-state index >= 15 is 0 Å². The van der Waals surface area contributed by atoms with Crippen molar-refractivity contribution in [3.63, 3.8) is 0 Å². The van der Waals surface area contributed by atoms with Crippen molar-refractivity contribution in [2.45, 2.75) is 367 Å². The molecule has 0 amide bonds. The van der Waals surface area contributed by atoms with Crippen LogP contribution in [0.3, 0.4) is 0 Å². The number of nitrogens with zero attached hydrogens (tertiary/aromatic N) is 1. The second-order valence-corrected chi connectivity index (χ2v) is 28.8. The average molecular weight is 1310 g/mol. The largest absolute Gasteiger partial charge is 0.756 e. The molecule has 0 saturated carbocycles. The van der Waals surface area contributed by atoms with E-state index in [1.54, 1.807) is 0 Å². The van der Waals surface area contributed by atoms with E-state index in [4.69, 9.17) is 18.5 Å². The maximum Gasteiger partial charge on any atom is 0.306 e. The number of quaternary nitrogens is 1. The van der Waals surface area contributed by atoms with Crippen LogP contribution in [0.25, 0.3) is 0 Å². The molecule has 0 heterocycles. The molecule has 2 unspecified atom stereocenters. The van der Waals surface area contributed by atoms with Gasteiger partial charge in [0.2, 0.25) is 0 Å². The Labute approximate surface area is 570 Å². The van der Waals surface area contributed by atoms with Crippen molar-refractivity contribution in [2.75, 3.05) is 47.5 Å². The van der Waals surface area contributed by atoms with Crippen molar-refractivity contribution in [2.24, 2.45) is 0 Å². The molecular weight excluding hydrogens is 1160 g/mol. The Morgan fingerprint density at radius 2 is 0.620 bits per heavy atom. The number of allylic oxidation sites excluding steroid dienone is 16. The second-order valence-electron chi connectivity index (χ2n) is 27.4. The Bertz CT molecular complexity index is 1880. The summed E-state index contributed by atoms with van der Waals surface area (Å²) in [5.74, 6) is -0.841. The molecule has 0 aliphatic rings. The van der Waals surface area contributed by atoms with Crippen molar-refractivity contribution in [3.8, 4) is 0 Å². The quantitative estimate of drug-likeness (QED) is 0.0195. The fourth-order valence-corrected chi connectivity index (χ4v) is 11.9. The van der Waals surface area contributed by atoms with Crippen LogP contribution in [0.15, 0.2) is 97.2 Å². The molecule has 0 aromatic rings. The van der Waals surface area contributed by atoms with Crippen molar-refractivity contribution >= 4 is 19.8 Å². The topological polar surface area (TPSA) is 111 Å². The minimum Gasteiger partial charge on any atom is -0.756 e. The van der Waals surface area contributed by atoms with Gasteiger partial charge in [-0.05, 0) is 77.0 Å². The molecule has 0 aromatic carbocycles. The molecule has 0 bridgehead atoms. The molecule has 0 fully saturated rings. The molecule has 534 valence electrons. The molecule has 0 N–H and O–H groups in total. The van der Waals surface area contributed by atoms with Crippen LogP contribution in [-0.2, 0) is 32.7 Å². The van der Waals surface area contributed by atoms with Crippen LogP contribution in [-0.4, -0.2) is 70.0 Å². The number of carbonyl (C=O) groups is 2. The minimum absolute atomic E-state index is 0.0371. The molecule has 0 radical (unpaired) electrons. The van der Waals surface area contributed by atoms with Gasteiger partial charge in [0.1, 0.15) is 19.8 Å². The molecule has 2 atom stereocenters. The van der Waals surface area contributed by atoms with Gasteiger partial charge in [-0.1, -0.05) is 368 Å². The van der Waals surface area contributed by atoms with Gasteiger partial charge in [-0.3, -0.25) is 14.2 Å². The standard InChI is InChI=1S/C82H148NO8P/c1-6-8-10-12-14-16-18-20-22-24-26-28-30-32-34-36-38-39-40-41-42-43-45-46-48-50-52-54-56-58-60-62-64-66-68-70-72-74-81(84)88-78-80(79-90-92(86,87)89-77-76-83(3,4)5)91-82(85)75-73-71-69-67-65-63-61-59-57-55-53-51-49-47-44-37-35-33-31-29-27-25-23-21-19-17-15-13-11-9-7-2/h9,11,15,17,21,23,27,29,33,35,44,47,51,53,57,59,80H,6-8,10,12-14,16,18-20,22,24-26,28,30-32,34,36-43,45-46,48-50,52,54-56,58,60-79H2,1-5H3/b11-9-,17-15-,23-21-,29-27-,35-33-,47-44-,53-51-,59-57-. The van der Waals surface area contributed by atoms with Crippen molar-refractivity contribution in [1.29, 1.82) is 0 Å². The van der Waals surface area contributed by atoms with E-state index in [1.807, 2.05) is 21.1 Å². The van der Waals surface area contributed by atoms with Gasteiger partial charge >= 0.3 is 11.9 Å². The highest BCUT2D eigenvalue weighted by molar-refractivity contribution is 7.45. The molecule has 0 spiro atoms. The van der Waals surface area contributed by atoms with Gasteiger partial charge in [0.25, 0.3) is 7.82 Å². The number of carbonyl (C=O) groups excluding carboxylic acids is 2. The minimum atomic E-state index is -4.65. The van der Waals surface area contributed by atoms with Crippen molar-refractivity contribution in [3.05, 3.63) is 97.2 Å². The van der Waals surface area contributed by atoms with Crippen LogP contribution in [0.2, 0.25) is 0 Å². The lowest BCUT2D eigenvalue weighted by atomic mass is 10.0. The first-order valence-electron chi connectivity index (χ1n) is 38.9. The first-order chi connectivity index (χ1) is 45.0. The first-order valence-corrected chi connectivity index (χ1v) is 40.4. The van der Waals surface area contributed by atoms with Gasteiger partial charge in [0.15, 0.2) is 6.10 Å². The van der Waals surface area contributed by atoms with E-state index in [2.05, 4.69) is 111 Å². The lowest BCUT2D eigenvalue weighted by Crippen LogP contribution is -2.37. The number of unbranched alkanes of at least 4 members (excludes halogenated alkanes) is 42. The third kappa shape index (κ3) is 76.0. The van der Waals surface area contributed by atoms with Crippen LogP contribution in [0.4, 0.5) is 0 Å². The third-order valence-corrected chi connectivity index (χ3v) is 18.1. The summed E-state index contributed by atoms with van der Waals surface area (Å²) in [6, 6.07) is 0. The molecule has 92 heavy (non-hydrogen) atoms. The zero-order valence-corrected chi connectivity index (χ0v) is 61.9. The highest BCUT2D eigenvalue weighted by Gasteiger charge is 2.22. The van der Waals surface area contributed by atoms with Crippen molar-refractivity contribution < 1.29 is 42.1 Å².